The van der Waals surface area contributed by atoms with Crippen molar-refractivity contribution in [2.24, 2.45) is 0 Å². The van der Waals surface area contributed by atoms with E-state index in [0.29, 0.717) is 45.9 Å². The number of benzene rings is 2. The van der Waals surface area contributed by atoms with E-state index in [-0.39, 0.29) is 11.7 Å². The minimum absolute atomic E-state index is 0.107. The zero-order chi connectivity index (χ0) is 22.2. The first-order valence-electron chi connectivity index (χ1n) is 10.1. The van der Waals surface area contributed by atoms with Gasteiger partial charge in [-0.25, -0.2) is 4.79 Å². The van der Waals surface area contributed by atoms with Gasteiger partial charge in [-0.2, -0.15) is 0 Å². The SMILES string of the molecule is COc1cccc(C2(O)CCC(NCc3c(C(=O)O)[nH]c4cc(Cl)cc(Cl)c34)CC2)c1. The van der Waals surface area contributed by atoms with Crippen LogP contribution in [0.5, 0.6) is 5.75 Å². The number of rotatable bonds is 6. The van der Waals surface area contributed by atoms with E-state index in [1.807, 2.05) is 24.3 Å². The van der Waals surface area contributed by atoms with E-state index in [4.69, 9.17) is 27.9 Å². The fraction of sp³-hybridized carbons (Fsp3) is 0.348. The summed E-state index contributed by atoms with van der Waals surface area (Å²) < 4.78 is 5.28. The molecule has 0 atom stereocenters. The molecule has 0 radical (unpaired) electrons. The minimum atomic E-state index is -1.05. The standard InChI is InChI=1S/C23H24Cl2N2O4/c1-31-16-4-2-3-13(9-16)23(30)7-5-15(6-8-23)26-12-17-20-18(25)10-14(24)11-19(20)27-21(17)22(28)29/h2-4,9-11,15,26-27,30H,5-8,12H2,1H3,(H,28,29). The molecule has 1 fully saturated rings. The Morgan fingerprint density at radius 1 is 1.26 bits per heavy atom. The molecule has 0 spiro atoms. The van der Waals surface area contributed by atoms with Crippen LogP contribution in [0.3, 0.4) is 0 Å². The molecule has 164 valence electrons. The lowest BCUT2D eigenvalue weighted by Crippen LogP contribution is -2.39. The van der Waals surface area contributed by atoms with Crippen LogP contribution in [-0.4, -0.2) is 34.3 Å². The Labute approximate surface area is 190 Å². The maximum Gasteiger partial charge on any atom is 0.352 e. The number of aromatic carboxylic acids is 1. The van der Waals surface area contributed by atoms with Crippen molar-refractivity contribution in [3.05, 3.63) is 63.3 Å². The topological polar surface area (TPSA) is 94.6 Å². The van der Waals surface area contributed by atoms with Crippen molar-refractivity contribution in [1.82, 2.24) is 10.3 Å². The third-order valence-corrected chi connectivity index (χ3v) is 6.64. The second-order valence-corrected chi connectivity index (χ2v) is 8.86. The Morgan fingerprint density at radius 3 is 2.68 bits per heavy atom. The third kappa shape index (κ3) is 4.39. The first-order chi connectivity index (χ1) is 14.8. The molecular formula is C23H24Cl2N2O4. The summed E-state index contributed by atoms with van der Waals surface area (Å²) in [6.07, 6.45) is 2.73. The molecule has 31 heavy (non-hydrogen) atoms. The third-order valence-electron chi connectivity index (χ3n) is 6.12. The number of ether oxygens (including phenoxy) is 1. The normalized spacial score (nSPS) is 21.4. The van der Waals surface area contributed by atoms with E-state index in [0.717, 1.165) is 24.2 Å². The van der Waals surface area contributed by atoms with Crippen LogP contribution in [0.1, 0.15) is 47.3 Å². The molecule has 0 bridgehead atoms. The van der Waals surface area contributed by atoms with Gasteiger partial charge in [0.15, 0.2) is 0 Å². The monoisotopic (exact) mass is 462 g/mol. The summed E-state index contributed by atoms with van der Waals surface area (Å²) >= 11 is 12.4. The molecule has 6 nitrogen and oxygen atoms in total. The minimum Gasteiger partial charge on any atom is -0.497 e. The number of methoxy groups -OCH3 is 1. The number of carbonyl (C=O) groups is 1. The van der Waals surface area contributed by atoms with Gasteiger partial charge in [-0.1, -0.05) is 35.3 Å². The summed E-state index contributed by atoms with van der Waals surface area (Å²) in [4.78, 5) is 14.7. The Kier molecular flexibility index (Phi) is 6.17. The van der Waals surface area contributed by atoms with E-state index in [1.54, 1.807) is 19.2 Å². The van der Waals surface area contributed by atoms with Crippen molar-refractivity contribution in [1.29, 1.82) is 0 Å². The van der Waals surface area contributed by atoms with Gasteiger partial charge < -0.3 is 25.3 Å². The number of aromatic amines is 1. The van der Waals surface area contributed by atoms with Crippen LogP contribution in [0.25, 0.3) is 10.9 Å². The van der Waals surface area contributed by atoms with Gasteiger partial charge in [-0.05, 0) is 55.5 Å². The summed E-state index contributed by atoms with van der Waals surface area (Å²) in [6, 6.07) is 11.0. The maximum atomic E-state index is 11.8. The number of hydrogen-bond donors (Lipinski definition) is 4. The first-order valence-corrected chi connectivity index (χ1v) is 10.9. The van der Waals surface area contributed by atoms with Crippen molar-refractivity contribution < 1.29 is 19.7 Å². The fourth-order valence-corrected chi connectivity index (χ4v) is 5.03. The van der Waals surface area contributed by atoms with E-state index in [1.165, 1.54) is 0 Å². The number of carboxylic acids is 1. The van der Waals surface area contributed by atoms with Crippen LogP contribution < -0.4 is 10.1 Å². The summed E-state index contributed by atoms with van der Waals surface area (Å²) in [6.45, 7) is 0.352. The second-order valence-electron chi connectivity index (χ2n) is 8.01. The van der Waals surface area contributed by atoms with Crippen molar-refractivity contribution >= 4 is 40.1 Å². The molecule has 3 aromatic rings. The fourth-order valence-electron chi connectivity index (χ4n) is 4.42. The van der Waals surface area contributed by atoms with Gasteiger partial charge in [-0.15, -0.1) is 0 Å². The number of carboxylic acid groups (broad SMARTS) is 1. The lowest BCUT2D eigenvalue weighted by Gasteiger charge is -2.37. The molecule has 1 aromatic heterocycles. The number of H-pyrrole nitrogens is 1. The van der Waals surface area contributed by atoms with Gasteiger partial charge in [0.25, 0.3) is 0 Å². The number of aliphatic hydroxyl groups is 1. The van der Waals surface area contributed by atoms with Gasteiger partial charge in [0.05, 0.1) is 17.7 Å². The van der Waals surface area contributed by atoms with E-state index in [2.05, 4.69) is 10.3 Å². The summed E-state index contributed by atoms with van der Waals surface area (Å²) in [7, 11) is 1.61. The van der Waals surface area contributed by atoms with Crippen LogP contribution in [-0.2, 0) is 12.1 Å². The van der Waals surface area contributed by atoms with Crippen LogP contribution in [0.4, 0.5) is 0 Å². The Morgan fingerprint density at radius 2 is 2.00 bits per heavy atom. The highest BCUT2D eigenvalue weighted by Gasteiger charge is 2.35. The summed E-state index contributed by atoms with van der Waals surface area (Å²) in [5.41, 5.74) is 1.29. The molecule has 4 rings (SSSR count). The summed E-state index contributed by atoms with van der Waals surface area (Å²) in [5, 5.41) is 25.8. The summed E-state index contributed by atoms with van der Waals surface area (Å²) in [5.74, 6) is -0.320. The Hall–Kier alpha value is -2.25. The van der Waals surface area contributed by atoms with Crippen LogP contribution in [0.2, 0.25) is 10.0 Å². The van der Waals surface area contributed by atoms with Gasteiger partial charge in [-0.3, -0.25) is 0 Å². The molecule has 0 aliphatic heterocycles. The van der Waals surface area contributed by atoms with Gasteiger partial charge in [0.1, 0.15) is 11.4 Å². The van der Waals surface area contributed by atoms with Crippen LogP contribution >= 0.6 is 23.2 Å². The molecule has 1 aliphatic carbocycles. The Bertz CT molecular complexity index is 1120. The molecule has 4 N–H and O–H groups in total. The Balaban J connectivity index is 1.48. The van der Waals surface area contributed by atoms with E-state index < -0.39 is 11.6 Å². The highest BCUT2D eigenvalue weighted by Crippen LogP contribution is 2.39. The first kappa shape index (κ1) is 22.0. The van der Waals surface area contributed by atoms with Crippen molar-refractivity contribution in [2.45, 2.75) is 43.9 Å². The molecule has 1 heterocycles. The van der Waals surface area contributed by atoms with Crippen molar-refractivity contribution in [3.63, 3.8) is 0 Å². The lowest BCUT2D eigenvalue weighted by molar-refractivity contribution is -0.00861. The average molecular weight is 463 g/mol. The molecule has 0 saturated heterocycles. The number of nitrogens with one attached hydrogen (secondary N) is 2. The smallest absolute Gasteiger partial charge is 0.352 e. The van der Waals surface area contributed by atoms with E-state index >= 15 is 0 Å². The van der Waals surface area contributed by atoms with Gasteiger partial charge >= 0.3 is 5.97 Å². The predicted octanol–water partition coefficient (Wildman–Crippen LogP) is 5.10. The molecule has 1 aliphatic rings. The molecular weight excluding hydrogens is 439 g/mol. The number of fused-ring (bicyclic) bond motifs is 1. The maximum absolute atomic E-state index is 11.8. The molecule has 2 aromatic carbocycles. The average Bonchev–Trinajstić information content (AvgIpc) is 3.12. The van der Waals surface area contributed by atoms with Crippen LogP contribution in [0, 0.1) is 0 Å². The molecule has 0 unspecified atom stereocenters. The lowest BCUT2D eigenvalue weighted by atomic mass is 9.77. The van der Waals surface area contributed by atoms with E-state index in [9.17, 15) is 15.0 Å². The zero-order valence-corrected chi connectivity index (χ0v) is 18.6. The largest absolute Gasteiger partial charge is 0.497 e. The highest BCUT2D eigenvalue weighted by molar-refractivity contribution is 6.39. The highest BCUT2D eigenvalue weighted by atomic mass is 35.5. The molecule has 0 amide bonds. The number of aromatic nitrogens is 1. The van der Waals surface area contributed by atoms with Gasteiger partial charge in [0, 0.05) is 34.1 Å². The zero-order valence-electron chi connectivity index (χ0n) is 17.0. The van der Waals surface area contributed by atoms with Crippen molar-refractivity contribution in [2.75, 3.05) is 7.11 Å². The number of hydrogen-bond acceptors (Lipinski definition) is 4. The predicted molar refractivity (Wildman–Crippen MR) is 121 cm³/mol. The quantitative estimate of drug-likeness (QED) is 0.408. The van der Waals surface area contributed by atoms with Gasteiger partial charge in [0.2, 0.25) is 0 Å². The second kappa shape index (κ2) is 8.71. The van der Waals surface area contributed by atoms with Crippen LogP contribution in [0.15, 0.2) is 36.4 Å². The molecule has 8 heteroatoms. The van der Waals surface area contributed by atoms with Crippen molar-refractivity contribution in [3.8, 4) is 5.75 Å². The number of halogens is 2. The molecule has 1 saturated carbocycles.